The predicted molar refractivity (Wildman–Crippen MR) is 59.3 cm³/mol. The van der Waals surface area contributed by atoms with Gasteiger partial charge in [-0.1, -0.05) is 11.2 Å². The molecule has 3 heterocycles. The molecule has 0 amide bonds. The summed E-state index contributed by atoms with van der Waals surface area (Å²) < 4.78 is 6.67. The molecule has 0 spiro atoms. The number of hydrogen-bond acceptors (Lipinski definition) is 6. The monoisotopic (exact) mass is 230 g/mol. The normalized spacial score (nSPS) is 10.9. The maximum Gasteiger partial charge on any atom is 0.246 e. The molecule has 0 fully saturated rings. The lowest BCUT2D eigenvalue weighted by Gasteiger charge is -1.94. The molecule has 0 aliphatic rings. The molecule has 0 atom stereocenters. The summed E-state index contributed by atoms with van der Waals surface area (Å²) in [5.74, 6) is 1.66. The molecule has 17 heavy (non-hydrogen) atoms. The average Bonchev–Trinajstić information content (AvgIpc) is 2.91. The van der Waals surface area contributed by atoms with Crippen LogP contribution < -0.4 is 5.32 Å². The van der Waals surface area contributed by atoms with E-state index in [2.05, 4.69) is 25.5 Å². The first-order chi connectivity index (χ1) is 8.31. The number of nitrogens with zero attached hydrogens (tertiary/aromatic N) is 5. The molecule has 7 nitrogen and oxygen atoms in total. The van der Waals surface area contributed by atoms with Crippen molar-refractivity contribution < 1.29 is 4.52 Å². The number of anilines is 1. The number of fused-ring (bicyclic) bond motifs is 1. The number of aromatic nitrogens is 5. The second-order valence-corrected chi connectivity index (χ2v) is 3.53. The Morgan fingerprint density at radius 2 is 2.29 bits per heavy atom. The van der Waals surface area contributed by atoms with Crippen LogP contribution in [-0.2, 0) is 6.54 Å². The minimum atomic E-state index is 0.414. The maximum absolute atomic E-state index is 4.97. The fourth-order valence-electron chi connectivity index (χ4n) is 1.47. The number of rotatable bonds is 3. The third-order valence-corrected chi connectivity index (χ3v) is 2.21. The summed E-state index contributed by atoms with van der Waals surface area (Å²) in [5.41, 5.74) is 0.789. The van der Waals surface area contributed by atoms with Gasteiger partial charge in [-0.2, -0.15) is 9.97 Å². The maximum atomic E-state index is 4.97. The van der Waals surface area contributed by atoms with Crippen LogP contribution in [0.4, 0.5) is 5.95 Å². The molecule has 0 saturated carbocycles. The first-order valence-electron chi connectivity index (χ1n) is 5.16. The van der Waals surface area contributed by atoms with E-state index >= 15 is 0 Å². The topological polar surface area (TPSA) is 81.1 Å². The molecule has 86 valence electrons. The quantitative estimate of drug-likeness (QED) is 0.723. The van der Waals surface area contributed by atoms with Crippen LogP contribution in [0.3, 0.4) is 0 Å². The van der Waals surface area contributed by atoms with Gasteiger partial charge in [0.2, 0.25) is 11.8 Å². The lowest BCUT2D eigenvalue weighted by atomic mass is 10.5. The van der Waals surface area contributed by atoms with Crippen LogP contribution in [0.2, 0.25) is 0 Å². The highest BCUT2D eigenvalue weighted by Gasteiger charge is 2.05. The van der Waals surface area contributed by atoms with Crippen molar-refractivity contribution in [2.24, 2.45) is 0 Å². The Balaban J connectivity index is 1.76. The van der Waals surface area contributed by atoms with Crippen molar-refractivity contribution in [3.05, 3.63) is 36.1 Å². The Kier molecular flexibility index (Phi) is 2.21. The third-order valence-electron chi connectivity index (χ3n) is 2.21. The Bertz CT molecular complexity index is 610. The largest absolute Gasteiger partial charge is 0.344 e. The molecule has 0 aromatic carbocycles. The van der Waals surface area contributed by atoms with Gasteiger partial charge in [0.1, 0.15) is 0 Å². The van der Waals surface area contributed by atoms with Crippen LogP contribution in [-0.4, -0.2) is 24.7 Å². The third kappa shape index (κ3) is 1.94. The first kappa shape index (κ1) is 9.76. The highest BCUT2D eigenvalue weighted by atomic mass is 16.5. The van der Waals surface area contributed by atoms with E-state index in [4.69, 9.17) is 4.52 Å². The van der Waals surface area contributed by atoms with Gasteiger partial charge in [0.05, 0.1) is 6.54 Å². The van der Waals surface area contributed by atoms with E-state index in [1.165, 1.54) is 0 Å². The summed E-state index contributed by atoms with van der Waals surface area (Å²) in [4.78, 5) is 8.36. The van der Waals surface area contributed by atoms with E-state index in [1.54, 1.807) is 11.4 Å². The minimum absolute atomic E-state index is 0.414. The number of hydrogen-bond donors (Lipinski definition) is 1. The molecule has 0 saturated heterocycles. The van der Waals surface area contributed by atoms with Crippen molar-refractivity contribution in [2.75, 3.05) is 5.32 Å². The Hall–Kier alpha value is -2.44. The average molecular weight is 230 g/mol. The van der Waals surface area contributed by atoms with E-state index in [1.807, 2.05) is 24.4 Å². The van der Waals surface area contributed by atoms with Crippen molar-refractivity contribution in [1.29, 1.82) is 0 Å². The van der Waals surface area contributed by atoms with Crippen LogP contribution in [0.5, 0.6) is 0 Å². The van der Waals surface area contributed by atoms with Crippen molar-refractivity contribution in [3.8, 4) is 0 Å². The van der Waals surface area contributed by atoms with Crippen molar-refractivity contribution in [1.82, 2.24) is 24.7 Å². The van der Waals surface area contributed by atoms with Crippen LogP contribution in [0.25, 0.3) is 5.65 Å². The number of pyridine rings is 1. The molecule has 0 bridgehead atoms. The standard InChI is InChI=1S/C10H10N6O/c1-7-12-9(17-15-7)6-11-10-13-8-4-2-3-5-16(8)14-10/h2-5H,6H2,1H3,(H,11,14). The van der Waals surface area contributed by atoms with E-state index in [0.29, 0.717) is 24.2 Å². The van der Waals surface area contributed by atoms with Crippen molar-refractivity contribution in [2.45, 2.75) is 13.5 Å². The van der Waals surface area contributed by atoms with Gasteiger partial charge < -0.3 is 9.84 Å². The van der Waals surface area contributed by atoms with Crippen LogP contribution >= 0.6 is 0 Å². The molecular formula is C10H10N6O. The van der Waals surface area contributed by atoms with Gasteiger partial charge in [-0.3, -0.25) is 0 Å². The molecular weight excluding hydrogens is 220 g/mol. The fraction of sp³-hybridized carbons (Fsp3) is 0.200. The first-order valence-corrected chi connectivity index (χ1v) is 5.16. The van der Waals surface area contributed by atoms with Gasteiger partial charge in [0.25, 0.3) is 0 Å². The van der Waals surface area contributed by atoms with Crippen molar-refractivity contribution >= 4 is 11.6 Å². The summed E-state index contributed by atoms with van der Waals surface area (Å²) in [6.07, 6.45) is 1.84. The summed E-state index contributed by atoms with van der Waals surface area (Å²) >= 11 is 0. The summed E-state index contributed by atoms with van der Waals surface area (Å²) in [7, 11) is 0. The SMILES string of the molecule is Cc1noc(CNc2nc3ccccn3n2)n1. The lowest BCUT2D eigenvalue weighted by Crippen LogP contribution is -2.01. The van der Waals surface area contributed by atoms with Gasteiger partial charge in [0, 0.05) is 6.20 Å². The predicted octanol–water partition coefficient (Wildman–Crippen LogP) is 1.03. The molecule has 0 aliphatic carbocycles. The summed E-state index contributed by atoms with van der Waals surface area (Å²) in [6.45, 7) is 2.19. The molecule has 1 N–H and O–H groups in total. The zero-order valence-corrected chi connectivity index (χ0v) is 9.16. The Morgan fingerprint density at radius 3 is 3.06 bits per heavy atom. The van der Waals surface area contributed by atoms with Gasteiger partial charge in [-0.25, -0.2) is 4.52 Å². The van der Waals surface area contributed by atoms with E-state index in [0.717, 1.165) is 5.65 Å². The number of aryl methyl sites for hydroxylation is 1. The summed E-state index contributed by atoms with van der Waals surface area (Å²) in [6, 6.07) is 5.69. The minimum Gasteiger partial charge on any atom is -0.344 e. The molecule has 0 unspecified atom stereocenters. The van der Waals surface area contributed by atoms with Crippen LogP contribution in [0, 0.1) is 6.92 Å². The molecule has 3 aromatic rings. The van der Waals surface area contributed by atoms with Gasteiger partial charge in [-0.05, 0) is 19.1 Å². The molecule has 0 aliphatic heterocycles. The smallest absolute Gasteiger partial charge is 0.246 e. The zero-order valence-electron chi connectivity index (χ0n) is 9.16. The molecule has 3 aromatic heterocycles. The highest BCUT2D eigenvalue weighted by molar-refractivity contribution is 5.42. The van der Waals surface area contributed by atoms with Crippen LogP contribution in [0.1, 0.15) is 11.7 Å². The second kappa shape index (κ2) is 3.85. The van der Waals surface area contributed by atoms with Crippen LogP contribution in [0.15, 0.2) is 28.9 Å². The van der Waals surface area contributed by atoms with E-state index < -0.39 is 0 Å². The number of nitrogens with one attached hydrogen (secondary N) is 1. The Labute approximate surface area is 96.5 Å². The van der Waals surface area contributed by atoms with Gasteiger partial charge >= 0.3 is 0 Å². The second-order valence-electron chi connectivity index (χ2n) is 3.53. The molecule has 3 rings (SSSR count). The summed E-state index contributed by atoms with van der Waals surface area (Å²) in [5, 5.41) is 11.0. The molecule has 7 heteroatoms. The Morgan fingerprint density at radius 1 is 1.35 bits per heavy atom. The highest BCUT2D eigenvalue weighted by Crippen LogP contribution is 2.06. The lowest BCUT2D eigenvalue weighted by molar-refractivity contribution is 0.379. The fourth-order valence-corrected chi connectivity index (χ4v) is 1.47. The van der Waals surface area contributed by atoms with E-state index in [-0.39, 0.29) is 0 Å². The van der Waals surface area contributed by atoms with Gasteiger partial charge in [-0.15, -0.1) is 5.10 Å². The zero-order chi connectivity index (χ0) is 11.7. The van der Waals surface area contributed by atoms with Gasteiger partial charge in [0.15, 0.2) is 11.5 Å². The molecule has 0 radical (unpaired) electrons. The van der Waals surface area contributed by atoms with E-state index in [9.17, 15) is 0 Å². The van der Waals surface area contributed by atoms with Crippen molar-refractivity contribution in [3.63, 3.8) is 0 Å².